The molecule has 1 aliphatic rings. The van der Waals surface area contributed by atoms with E-state index in [1.54, 1.807) is 13.1 Å². The van der Waals surface area contributed by atoms with Gasteiger partial charge in [0.25, 0.3) is 0 Å². The van der Waals surface area contributed by atoms with E-state index in [1.807, 2.05) is 32.0 Å². The summed E-state index contributed by atoms with van der Waals surface area (Å²) in [6, 6.07) is 8.10. The number of aromatic nitrogens is 1. The number of pyridine rings is 1. The first-order valence-electron chi connectivity index (χ1n) is 8.05. The van der Waals surface area contributed by atoms with Crippen molar-refractivity contribution in [3.8, 4) is 6.07 Å². The van der Waals surface area contributed by atoms with Gasteiger partial charge < -0.3 is 10.2 Å². The summed E-state index contributed by atoms with van der Waals surface area (Å²) in [5, 5.41) is 12.1. The Bertz CT molecular complexity index is 560. The van der Waals surface area contributed by atoms with Crippen LogP contribution in [0.5, 0.6) is 0 Å². The van der Waals surface area contributed by atoms with Crippen molar-refractivity contribution in [3.63, 3.8) is 0 Å². The van der Waals surface area contributed by atoms with Gasteiger partial charge in [-0.05, 0) is 25.0 Å². The first-order valence-corrected chi connectivity index (χ1v) is 8.05. The standard InChI is InChI=1S/C17H25N5O/c1-14(2)17(3,13-18)20-16(23)12-21-8-10-22(11-9-21)15-6-4-5-7-19-15/h4-7,14H,8-12H2,1-3H3,(H,20,23). The molecule has 0 bridgehead atoms. The van der Waals surface area contributed by atoms with E-state index in [1.165, 1.54) is 0 Å². The quantitative estimate of drug-likeness (QED) is 0.885. The van der Waals surface area contributed by atoms with Crippen LogP contribution in [0.25, 0.3) is 0 Å². The van der Waals surface area contributed by atoms with Crippen LogP contribution < -0.4 is 10.2 Å². The molecule has 6 heteroatoms. The minimum Gasteiger partial charge on any atom is -0.354 e. The molecule has 1 fully saturated rings. The topological polar surface area (TPSA) is 72.3 Å². The number of carbonyl (C=O) groups is 1. The first kappa shape index (κ1) is 17.2. The van der Waals surface area contributed by atoms with E-state index >= 15 is 0 Å². The van der Waals surface area contributed by atoms with E-state index in [0.29, 0.717) is 6.54 Å². The Hall–Kier alpha value is -2.13. The Labute approximate surface area is 138 Å². The minimum absolute atomic E-state index is 0.0671. The first-order chi connectivity index (χ1) is 10.9. The molecular weight excluding hydrogens is 290 g/mol. The molecule has 1 aromatic rings. The Morgan fingerprint density at radius 3 is 2.61 bits per heavy atom. The van der Waals surface area contributed by atoms with E-state index in [2.05, 4.69) is 26.2 Å². The van der Waals surface area contributed by atoms with Crippen LogP contribution in [-0.2, 0) is 4.79 Å². The zero-order valence-corrected chi connectivity index (χ0v) is 14.1. The summed E-state index contributed by atoms with van der Waals surface area (Å²) in [7, 11) is 0. The van der Waals surface area contributed by atoms with Gasteiger partial charge in [-0.15, -0.1) is 0 Å². The van der Waals surface area contributed by atoms with E-state index in [4.69, 9.17) is 0 Å². The number of piperazine rings is 1. The predicted molar refractivity (Wildman–Crippen MR) is 89.9 cm³/mol. The lowest BCUT2D eigenvalue weighted by Gasteiger charge is -2.35. The second-order valence-electron chi connectivity index (χ2n) is 6.47. The highest BCUT2D eigenvalue weighted by Gasteiger charge is 2.30. The van der Waals surface area contributed by atoms with E-state index in [0.717, 1.165) is 32.0 Å². The van der Waals surface area contributed by atoms with Gasteiger partial charge in [-0.3, -0.25) is 9.69 Å². The maximum Gasteiger partial charge on any atom is 0.235 e. The number of nitrogens with zero attached hydrogens (tertiary/aromatic N) is 4. The lowest BCUT2D eigenvalue weighted by molar-refractivity contribution is -0.124. The molecule has 0 radical (unpaired) electrons. The van der Waals surface area contributed by atoms with Gasteiger partial charge in [0.15, 0.2) is 0 Å². The summed E-state index contributed by atoms with van der Waals surface area (Å²) in [5.41, 5.74) is -0.813. The summed E-state index contributed by atoms with van der Waals surface area (Å²) in [5.74, 6) is 0.958. The van der Waals surface area contributed by atoms with Crippen LogP contribution >= 0.6 is 0 Å². The molecule has 6 nitrogen and oxygen atoms in total. The molecule has 1 aromatic heterocycles. The van der Waals surface area contributed by atoms with Crippen molar-refractivity contribution in [1.82, 2.24) is 15.2 Å². The van der Waals surface area contributed by atoms with E-state index < -0.39 is 5.54 Å². The zero-order valence-electron chi connectivity index (χ0n) is 14.1. The van der Waals surface area contributed by atoms with Crippen molar-refractivity contribution < 1.29 is 4.79 Å². The van der Waals surface area contributed by atoms with Gasteiger partial charge in [0.2, 0.25) is 5.91 Å². The summed E-state index contributed by atoms with van der Waals surface area (Å²) in [6.07, 6.45) is 1.80. The van der Waals surface area contributed by atoms with Crippen LogP contribution in [0.3, 0.4) is 0 Å². The van der Waals surface area contributed by atoms with Crippen LogP contribution in [0.15, 0.2) is 24.4 Å². The normalized spacial score (nSPS) is 18.3. The maximum absolute atomic E-state index is 12.2. The third-order valence-corrected chi connectivity index (χ3v) is 4.50. The second kappa shape index (κ2) is 7.42. The molecule has 1 aliphatic heterocycles. The van der Waals surface area contributed by atoms with Crippen LogP contribution in [0.4, 0.5) is 5.82 Å². The largest absolute Gasteiger partial charge is 0.354 e. The Morgan fingerprint density at radius 1 is 1.39 bits per heavy atom. The predicted octanol–water partition coefficient (Wildman–Crippen LogP) is 1.26. The minimum atomic E-state index is -0.813. The molecule has 0 spiro atoms. The highest BCUT2D eigenvalue weighted by molar-refractivity contribution is 5.79. The van der Waals surface area contributed by atoms with Crippen LogP contribution in [0, 0.1) is 17.2 Å². The van der Waals surface area contributed by atoms with Crippen LogP contribution in [0.2, 0.25) is 0 Å². The molecule has 1 saturated heterocycles. The fraction of sp³-hybridized carbons (Fsp3) is 0.588. The molecule has 0 aliphatic carbocycles. The number of anilines is 1. The van der Waals surface area contributed by atoms with Gasteiger partial charge >= 0.3 is 0 Å². The lowest BCUT2D eigenvalue weighted by Crippen LogP contribution is -2.54. The Kier molecular flexibility index (Phi) is 5.56. The zero-order chi connectivity index (χ0) is 16.9. The van der Waals surface area contributed by atoms with Crippen molar-refractivity contribution >= 4 is 11.7 Å². The van der Waals surface area contributed by atoms with Gasteiger partial charge in [0.05, 0.1) is 12.6 Å². The fourth-order valence-corrected chi connectivity index (χ4v) is 2.51. The molecule has 2 heterocycles. The Balaban J connectivity index is 1.82. The van der Waals surface area contributed by atoms with E-state index in [9.17, 15) is 10.1 Å². The molecule has 1 amide bonds. The molecule has 124 valence electrons. The molecule has 0 aromatic carbocycles. The number of carbonyl (C=O) groups excluding carboxylic acids is 1. The molecular formula is C17H25N5O. The SMILES string of the molecule is CC(C)C(C)(C#N)NC(=O)CN1CCN(c2ccccn2)CC1. The summed E-state index contributed by atoms with van der Waals surface area (Å²) in [6.45, 7) is 9.32. The maximum atomic E-state index is 12.2. The van der Waals surface area contributed by atoms with Crippen molar-refractivity contribution in [1.29, 1.82) is 5.26 Å². The molecule has 23 heavy (non-hydrogen) atoms. The van der Waals surface area contributed by atoms with Gasteiger partial charge in [-0.25, -0.2) is 4.98 Å². The van der Waals surface area contributed by atoms with Gasteiger partial charge in [-0.1, -0.05) is 19.9 Å². The van der Waals surface area contributed by atoms with Crippen LogP contribution in [0.1, 0.15) is 20.8 Å². The third kappa shape index (κ3) is 4.42. The summed E-state index contributed by atoms with van der Waals surface area (Å²) >= 11 is 0. The molecule has 1 unspecified atom stereocenters. The number of amides is 1. The molecule has 2 rings (SSSR count). The van der Waals surface area contributed by atoms with E-state index in [-0.39, 0.29) is 11.8 Å². The highest BCUT2D eigenvalue weighted by Crippen LogP contribution is 2.15. The number of nitriles is 1. The van der Waals surface area contributed by atoms with Gasteiger partial charge in [-0.2, -0.15) is 5.26 Å². The number of hydrogen-bond acceptors (Lipinski definition) is 5. The highest BCUT2D eigenvalue weighted by atomic mass is 16.2. The Morgan fingerprint density at radius 2 is 2.09 bits per heavy atom. The third-order valence-electron chi connectivity index (χ3n) is 4.50. The lowest BCUT2D eigenvalue weighted by atomic mass is 9.90. The summed E-state index contributed by atoms with van der Waals surface area (Å²) in [4.78, 5) is 20.9. The number of rotatable bonds is 5. The molecule has 0 saturated carbocycles. The number of nitrogens with one attached hydrogen (secondary N) is 1. The van der Waals surface area contributed by atoms with Crippen molar-refractivity contribution in [2.24, 2.45) is 5.92 Å². The number of hydrogen-bond donors (Lipinski definition) is 1. The van der Waals surface area contributed by atoms with Gasteiger partial charge in [0, 0.05) is 32.4 Å². The monoisotopic (exact) mass is 315 g/mol. The van der Waals surface area contributed by atoms with Crippen molar-refractivity contribution in [2.75, 3.05) is 37.6 Å². The van der Waals surface area contributed by atoms with Crippen molar-refractivity contribution in [2.45, 2.75) is 26.3 Å². The average Bonchev–Trinajstić information content (AvgIpc) is 2.56. The average molecular weight is 315 g/mol. The van der Waals surface area contributed by atoms with Crippen LogP contribution in [-0.4, -0.2) is 54.1 Å². The van der Waals surface area contributed by atoms with Crippen molar-refractivity contribution in [3.05, 3.63) is 24.4 Å². The van der Waals surface area contributed by atoms with Gasteiger partial charge in [0.1, 0.15) is 11.4 Å². The molecule has 1 atom stereocenters. The smallest absolute Gasteiger partial charge is 0.235 e. The summed E-state index contributed by atoms with van der Waals surface area (Å²) < 4.78 is 0. The fourth-order valence-electron chi connectivity index (χ4n) is 2.51. The second-order valence-corrected chi connectivity index (χ2v) is 6.47. The molecule has 1 N–H and O–H groups in total.